The lowest BCUT2D eigenvalue weighted by Gasteiger charge is -2.55. The molecule has 2 heteroatoms. The summed E-state index contributed by atoms with van der Waals surface area (Å²) in [5.74, 6) is 3.14. The van der Waals surface area contributed by atoms with E-state index >= 15 is 0 Å². The van der Waals surface area contributed by atoms with Gasteiger partial charge in [0.15, 0.2) is 0 Å². The fourth-order valence-electron chi connectivity index (χ4n) is 4.27. The van der Waals surface area contributed by atoms with Crippen LogP contribution in [-0.4, -0.2) is 6.54 Å². The van der Waals surface area contributed by atoms with Crippen LogP contribution in [0.25, 0.3) is 0 Å². The number of rotatable bonds is 0. The van der Waals surface area contributed by atoms with E-state index in [1.807, 2.05) is 6.26 Å². The lowest BCUT2D eigenvalue weighted by Crippen LogP contribution is -2.60. The van der Waals surface area contributed by atoms with Crippen LogP contribution in [0, 0.1) is 11.8 Å². The minimum atomic E-state index is 0.321. The summed E-state index contributed by atoms with van der Waals surface area (Å²) in [7, 11) is 0. The Morgan fingerprint density at radius 1 is 1.40 bits per heavy atom. The first-order valence-electron chi connectivity index (χ1n) is 6.22. The zero-order valence-electron chi connectivity index (χ0n) is 8.96. The van der Waals surface area contributed by atoms with E-state index in [0.29, 0.717) is 5.54 Å². The monoisotopic (exact) mass is 203 g/mol. The number of fused-ring (bicyclic) bond motifs is 4. The maximum atomic E-state index is 5.60. The van der Waals surface area contributed by atoms with Crippen molar-refractivity contribution in [3.8, 4) is 0 Å². The molecule has 2 fully saturated rings. The normalized spacial score (nSPS) is 42.4. The molecular formula is C13H17NO. The van der Waals surface area contributed by atoms with Gasteiger partial charge in [0, 0.05) is 18.5 Å². The highest BCUT2D eigenvalue weighted by atomic mass is 16.3. The molecule has 1 aliphatic heterocycles. The van der Waals surface area contributed by atoms with Crippen molar-refractivity contribution in [2.75, 3.05) is 6.54 Å². The van der Waals surface area contributed by atoms with Crippen LogP contribution in [0.3, 0.4) is 0 Å². The molecule has 15 heavy (non-hydrogen) atoms. The summed E-state index contributed by atoms with van der Waals surface area (Å²) >= 11 is 0. The summed E-state index contributed by atoms with van der Waals surface area (Å²) in [6.45, 7) is 1.10. The Kier molecular flexibility index (Phi) is 1.50. The van der Waals surface area contributed by atoms with E-state index in [1.165, 1.54) is 37.0 Å². The zero-order chi connectivity index (χ0) is 9.88. The van der Waals surface area contributed by atoms with E-state index in [0.717, 1.165) is 24.8 Å². The fraction of sp³-hybridized carbons (Fsp3) is 0.692. The van der Waals surface area contributed by atoms with Crippen molar-refractivity contribution in [1.29, 1.82) is 0 Å². The van der Waals surface area contributed by atoms with Crippen LogP contribution in [0.2, 0.25) is 0 Å². The van der Waals surface area contributed by atoms with Gasteiger partial charge in [-0.1, -0.05) is 12.8 Å². The second kappa shape index (κ2) is 2.67. The summed E-state index contributed by atoms with van der Waals surface area (Å²) in [4.78, 5) is 0. The first kappa shape index (κ1) is 8.40. The molecule has 2 nitrogen and oxygen atoms in total. The second-order valence-electron chi connectivity index (χ2n) is 5.41. The molecule has 0 aromatic carbocycles. The molecule has 3 atom stereocenters. The van der Waals surface area contributed by atoms with Gasteiger partial charge in [0.25, 0.3) is 0 Å². The summed E-state index contributed by atoms with van der Waals surface area (Å²) in [6, 6.07) is 2.20. The summed E-state index contributed by atoms with van der Waals surface area (Å²) in [5.41, 5.74) is 1.80. The van der Waals surface area contributed by atoms with Crippen molar-refractivity contribution in [1.82, 2.24) is 5.32 Å². The number of hydrogen-bond acceptors (Lipinski definition) is 2. The first-order valence-corrected chi connectivity index (χ1v) is 6.22. The second-order valence-corrected chi connectivity index (χ2v) is 5.41. The van der Waals surface area contributed by atoms with Gasteiger partial charge in [0.2, 0.25) is 0 Å². The smallest absolute Gasteiger partial charge is 0.110 e. The minimum absolute atomic E-state index is 0.321. The minimum Gasteiger partial charge on any atom is -0.469 e. The highest BCUT2D eigenvalue weighted by Gasteiger charge is 2.57. The number of hydrogen-bond donors (Lipinski definition) is 1. The Morgan fingerprint density at radius 3 is 3.33 bits per heavy atom. The summed E-state index contributed by atoms with van der Waals surface area (Å²) in [6.07, 6.45) is 8.61. The lowest BCUT2D eigenvalue weighted by atomic mass is 9.57. The van der Waals surface area contributed by atoms with Crippen LogP contribution in [-0.2, 0) is 12.0 Å². The van der Waals surface area contributed by atoms with E-state index in [4.69, 9.17) is 4.42 Å². The van der Waals surface area contributed by atoms with Crippen LogP contribution < -0.4 is 5.32 Å². The zero-order valence-corrected chi connectivity index (χ0v) is 8.96. The molecule has 0 bridgehead atoms. The predicted octanol–water partition coefficient (Wildman–Crippen LogP) is 2.44. The van der Waals surface area contributed by atoms with Gasteiger partial charge in [0.05, 0.1) is 11.8 Å². The van der Waals surface area contributed by atoms with Crippen molar-refractivity contribution < 1.29 is 4.42 Å². The molecule has 0 saturated heterocycles. The van der Waals surface area contributed by atoms with Crippen molar-refractivity contribution in [3.05, 3.63) is 23.7 Å². The van der Waals surface area contributed by atoms with Crippen LogP contribution in [0.1, 0.15) is 37.0 Å². The van der Waals surface area contributed by atoms with Gasteiger partial charge in [-0.2, -0.15) is 0 Å². The highest BCUT2D eigenvalue weighted by molar-refractivity contribution is 5.35. The molecule has 80 valence electrons. The van der Waals surface area contributed by atoms with Crippen LogP contribution in [0.4, 0.5) is 0 Å². The SMILES string of the molecule is c1cc2c(o1)CCNC21CC2CCCC21. The molecule has 0 radical (unpaired) electrons. The lowest BCUT2D eigenvalue weighted by molar-refractivity contribution is 0.0174. The van der Waals surface area contributed by atoms with E-state index in [9.17, 15) is 0 Å². The van der Waals surface area contributed by atoms with Gasteiger partial charge in [0.1, 0.15) is 5.76 Å². The Bertz CT molecular complexity index is 397. The number of furan rings is 1. The average molecular weight is 203 g/mol. The molecule has 0 amide bonds. The standard InChI is InChI=1S/C13H17NO/c1-2-9-8-13(10(9)3-1)11-5-7-15-12(11)4-6-14-13/h5,7,9-10,14H,1-4,6,8H2. The molecule has 4 rings (SSSR count). The molecule has 1 aromatic rings. The molecule has 1 N–H and O–H groups in total. The Hall–Kier alpha value is -0.760. The third-order valence-electron chi connectivity index (χ3n) is 4.89. The van der Waals surface area contributed by atoms with Crippen LogP contribution >= 0.6 is 0 Å². The molecule has 3 aliphatic rings. The van der Waals surface area contributed by atoms with Gasteiger partial charge in [-0.15, -0.1) is 0 Å². The third kappa shape index (κ3) is 0.895. The molecule has 2 aliphatic carbocycles. The van der Waals surface area contributed by atoms with Crippen molar-refractivity contribution in [2.24, 2.45) is 11.8 Å². The Labute approximate surface area is 90.0 Å². The quantitative estimate of drug-likeness (QED) is 0.700. The molecule has 1 aromatic heterocycles. The van der Waals surface area contributed by atoms with E-state index in [1.54, 1.807) is 0 Å². The Morgan fingerprint density at radius 2 is 2.40 bits per heavy atom. The highest BCUT2D eigenvalue weighted by Crippen LogP contribution is 2.59. The maximum Gasteiger partial charge on any atom is 0.110 e. The van der Waals surface area contributed by atoms with Crippen LogP contribution in [0.15, 0.2) is 16.7 Å². The van der Waals surface area contributed by atoms with E-state index in [-0.39, 0.29) is 0 Å². The average Bonchev–Trinajstić information content (AvgIpc) is 2.82. The molecule has 2 heterocycles. The van der Waals surface area contributed by atoms with E-state index in [2.05, 4.69) is 11.4 Å². The fourth-order valence-corrected chi connectivity index (χ4v) is 4.27. The maximum absolute atomic E-state index is 5.60. The third-order valence-corrected chi connectivity index (χ3v) is 4.89. The molecule has 2 saturated carbocycles. The van der Waals surface area contributed by atoms with Gasteiger partial charge < -0.3 is 9.73 Å². The van der Waals surface area contributed by atoms with Gasteiger partial charge in [-0.3, -0.25) is 0 Å². The number of nitrogens with one attached hydrogen (secondary N) is 1. The molecule has 1 spiro atoms. The topological polar surface area (TPSA) is 25.2 Å². The summed E-state index contributed by atoms with van der Waals surface area (Å²) < 4.78 is 5.60. The van der Waals surface area contributed by atoms with Gasteiger partial charge in [-0.25, -0.2) is 0 Å². The molecular weight excluding hydrogens is 186 g/mol. The first-order chi connectivity index (χ1) is 7.40. The largest absolute Gasteiger partial charge is 0.469 e. The Balaban J connectivity index is 1.80. The van der Waals surface area contributed by atoms with Gasteiger partial charge in [-0.05, 0) is 30.7 Å². The van der Waals surface area contributed by atoms with Crippen molar-refractivity contribution in [2.45, 2.75) is 37.6 Å². The van der Waals surface area contributed by atoms with Gasteiger partial charge >= 0.3 is 0 Å². The van der Waals surface area contributed by atoms with Crippen molar-refractivity contribution >= 4 is 0 Å². The van der Waals surface area contributed by atoms with Crippen LogP contribution in [0.5, 0.6) is 0 Å². The summed E-state index contributed by atoms with van der Waals surface area (Å²) in [5, 5.41) is 3.79. The van der Waals surface area contributed by atoms with Crippen molar-refractivity contribution in [3.63, 3.8) is 0 Å². The molecule has 3 unspecified atom stereocenters. The van der Waals surface area contributed by atoms with E-state index < -0.39 is 0 Å². The predicted molar refractivity (Wildman–Crippen MR) is 57.5 cm³/mol.